The summed E-state index contributed by atoms with van der Waals surface area (Å²) < 4.78 is 0. The van der Waals surface area contributed by atoms with E-state index in [0.29, 0.717) is 35.5 Å². The minimum Gasteiger partial charge on any atom is -0.0620 e. The van der Waals surface area contributed by atoms with E-state index >= 15 is 0 Å². The lowest BCUT2D eigenvalue weighted by atomic mass is 9.87. The van der Waals surface area contributed by atoms with Gasteiger partial charge in [0, 0.05) is 0 Å². The van der Waals surface area contributed by atoms with Gasteiger partial charge in [-0.1, -0.05) is 179 Å². The normalized spacial score (nSPS) is 11.3. The number of rotatable bonds is 7. The van der Waals surface area contributed by atoms with Crippen LogP contribution in [-0.4, -0.2) is 0 Å². The zero-order valence-electron chi connectivity index (χ0n) is 30.5. The molecule has 4 rings (SSSR count). The highest BCUT2D eigenvalue weighted by atomic mass is 14.2. The molecule has 0 atom stereocenters. The molecule has 44 heavy (non-hydrogen) atoms. The van der Waals surface area contributed by atoms with Crippen LogP contribution in [0.3, 0.4) is 0 Å². The van der Waals surface area contributed by atoms with Crippen molar-refractivity contribution in [1.82, 2.24) is 0 Å². The smallest absolute Gasteiger partial charge is 0.0179 e. The summed E-state index contributed by atoms with van der Waals surface area (Å²) in [4.78, 5) is 0. The highest BCUT2D eigenvalue weighted by Gasteiger charge is 2.12. The number of benzene rings is 4. The molecular formula is C44H62. The second-order valence-corrected chi connectivity index (χ2v) is 14.4. The van der Waals surface area contributed by atoms with Crippen molar-refractivity contribution >= 4 is 0 Å². The third kappa shape index (κ3) is 10.8. The fourth-order valence-corrected chi connectivity index (χ4v) is 6.05. The Balaban J connectivity index is 0.000000244. The predicted molar refractivity (Wildman–Crippen MR) is 199 cm³/mol. The quantitative estimate of drug-likeness (QED) is 0.201. The Morgan fingerprint density at radius 3 is 0.886 bits per heavy atom. The molecule has 0 unspecified atom stereocenters. The minimum absolute atomic E-state index is 0.568. The third-order valence-corrected chi connectivity index (χ3v) is 8.37. The maximum Gasteiger partial charge on any atom is -0.0179 e. The van der Waals surface area contributed by atoms with Crippen LogP contribution in [0.15, 0.2) is 84.9 Å². The van der Waals surface area contributed by atoms with E-state index in [-0.39, 0.29) is 0 Å². The van der Waals surface area contributed by atoms with Crippen LogP contribution in [0, 0.1) is 13.8 Å². The fourth-order valence-electron chi connectivity index (χ4n) is 6.05. The van der Waals surface area contributed by atoms with Gasteiger partial charge in [-0.25, -0.2) is 0 Å². The van der Waals surface area contributed by atoms with Crippen LogP contribution in [0.25, 0.3) is 11.1 Å². The highest BCUT2D eigenvalue weighted by molar-refractivity contribution is 5.67. The summed E-state index contributed by atoms with van der Waals surface area (Å²) in [6.07, 6.45) is 0. The average molecular weight is 591 g/mol. The zero-order chi connectivity index (χ0) is 33.1. The monoisotopic (exact) mass is 590 g/mol. The molecule has 0 saturated carbocycles. The Kier molecular flexibility index (Phi) is 14.6. The predicted octanol–water partition coefficient (Wildman–Crippen LogP) is 14.1. The maximum atomic E-state index is 2.38. The molecule has 0 spiro atoms. The molecule has 238 valence electrons. The first-order valence-electron chi connectivity index (χ1n) is 17.0. The molecule has 0 nitrogen and oxygen atoms in total. The first-order chi connectivity index (χ1) is 20.6. The summed E-state index contributed by atoms with van der Waals surface area (Å²) in [6.45, 7) is 31.5. The van der Waals surface area contributed by atoms with Gasteiger partial charge in [-0.3, -0.25) is 0 Å². The number of hydrogen-bond acceptors (Lipinski definition) is 0. The molecule has 0 heterocycles. The molecule has 0 radical (unpaired) electrons. The van der Waals surface area contributed by atoms with Gasteiger partial charge in [0.25, 0.3) is 0 Å². The molecule has 4 aromatic rings. The van der Waals surface area contributed by atoms with Crippen LogP contribution in [0.1, 0.15) is 163 Å². The molecule has 0 N–H and O–H groups in total. The van der Waals surface area contributed by atoms with Gasteiger partial charge in [-0.2, -0.15) is 0 Å². The van der Waals surface area contributed by atoms with Gasteiger partial charge in [-0.05, 0) is 93.9 Å². The third-order valence-electron chi connectivity index (χ3n) is 8.37. The van der Waals surface area contributed by atoms with Gasteiger partial charge < -0.3 is 0 Å². The summed E-state index contributed by atoms with van der Waals surface area (Å²) >= 11 is 0. The van der Waals surface area contributed by atoms with Crippen molar-refractivity contribution in [2.75, 3.05) is 0 Å². The molecule has 0 amide bonds. The first kappa shape index (κ1) is 37.1. The molecule has 0 aromatic heterocycles. The SMILES string of the molecule is CC(C)c1ccccc1C(C)C.CC(C)c1ccccc1C(C)C.Cc1cc(C)cc(-c2ccc(C(C)C)c(C(C)C)c2)c1. The lowest BCUT2D eigenvalue weighted by Gasteiger charge is -2.18. The second kappa shape index (κ2) is 17.4. The average Bonchev–Trinajstić information content (AvgIpc) is 2.96. The Morgan fingerprint density at radius 1 is 0.295 bits per heavy atom. The van der Waals surface area contributed by atoms with Gasteiger partial charge in [0.1, 0.15) is 0 Å². The fraction of sp³-hybridized carbons (Fsp3) is 0.455. The van der Waals surface area contributed by atoms with Gasteiger partial charge in [0.2, 0.25) is 0 Å². The van der Waals surface area contributed by atoms with Crippen molar-refractivity contribution in [3.63, 3.8) is 0 Å². The van der Waals surface area contributed by atoms with E-state index in [1.54, 1.807) is 0 Å². The highest BCUT2D eigenvalue weighted by Crippen LogP contribution is 2.32. The lowest BCUT2D eigenvalue weighted by molar-refractivity contribution is 0.790. The van der Waals surface area contributed by atoms with Gasteiger partial charge in [0.15, 0.2) is 0 Å². The minimum atomic E-state index is 0.568. The molecule has 0 aliphatic heterocycles. The molecule has 0 aliphatic rings. The Hall–Kier alpha value is -3.12. The van der Waals surface area contributed by atoms with Crippen molar-refractivity contribution < 1.29 is 0 Å². The van der Waals surface area contributed by atoms with Gasteiger partial charge >= 0.3 is 0 Å². The Morgan fingerprint density at radius 2 is 0.591 bits per heavy atom. The Bertz CT molecular complexity index is 1300. The summed E-state index contributed by atoms with van der Waals surface area (Å²) in [5.74, 6) is 3.72. The number of aryl methyl sites for hydroxylation is 2. The van der Waals surface area contributed by atoms with E-state index in [9.17, 15) is 0 Å². The lowest BCUT2D eigenvalue weighted by Crippen LogP contribution is -1.99. The standard InChI is InChI=1S/C20H26.2C12H18/c1-13(2)19-8-7-17(12-20(19)14(3)4)18-10-15(5)9-16(6)11-18;2*1-9(2)11-7-5-6-8-12(11)10(3)4/h7-14H,1-6H3;2*5-10H,1-4H3. The molecule has 0 heteroatoms. The molecule has 4 aromatic carbocycles. The Labute approximate surface area is 272 Å². The summed E-state index contributed by atoms with van der Waals surface area (Å²) in [5, 5.41) is 0. The van der Waals surface area contributed by atoms with Crippen molar-refractivity contribution in [3.8, 4) is 11.1 Å². The largest absolute Gasteiger partial charge is 0.0620 e. The summed E-state index contributed by atoms with van der Waals surface area (Å²) in [7, 11) is 0. The van der Waals surface area contributed by atoms with Crippen LogP contribution >= 0.6 is 0 Å². The van der Waals surface area contributed by atoms with Crippen molar-refractivity contribution in [2.24, 2.45) is 0 Å². The molecule has 0 saturated heterocycles. The van der Waals surface area contributed by atoms with Gasteiger partial charge in [-0.15, -0.1) is 0 Å². The van der Waals surface area contributed by atoms with E-state index in [0.717, 1.165) is 0 Å². The summed E-state index contributed by atoms with van der Waals surface area (Å²) in [6, 6.07) is 31.2. The van der Waals surface area contributed by atoms with Crippen molar-refractivity contribution in [3.05, 3.63) is 129 Å². The topological polar surface area (TPSA) is 0 Å². The molecule has 0 fully saturated rings. The van der Waals surface area contributed by atoms with Crippen LogP contribution in [0.5, 0.6) is 0 Å². The van der Waals surface area contributed by atoms with Crippen LogP contribution in [0.4, 0.5) is 0 Å². The maximum absolute atomic E-state index is 2.38. The van der Waals surface area contributed by atoms with E-state index in [1.165, 1.54) is 55.6 Å². The molecule has 0 aliphatic carbocycles. The molecular weight excluding hydrogens is 528 g/mol. The second-order valence-electron chi connectivity index (χ2n) is 14.4. The van der Waals surface area contributed by atoms with E-state index < -0.39 is 0 Å². The zero-order valence-corrected chi connectivity index (χ0v) is 30.5. The van der Waals surface area contributed by atoms with Crippen LogP contribution in [-0.2, 0) is 0 Å². The summed E-state index contributed by atoms with van der Waals surface area (Å²) in [5.41, 5.74) is 14.3. The van der Waals surface area contributed by atoms with Crippen molar-refractivity contribution in [2.45, 2.75) is 132 Å². The first-order valence-corrected chi connectivity index (χ1v) is 17.0. The van der Waals surface area contributed by atoms with Crippen molar-refractivity contribution in [1.29, 1.82) is 0 Å². The van der Waals surface area contributed by atoms with E-state index in [2.05, 4.69) is 182 Å². The van der Waals surface area contributed by atoms with Crippen LogP contribution < -0.4 is 0 Å². The van der Waals surface area contributed by atoms with E-state index in [1.807, 2.05) is 0 Å². The van der Waals surface area contributed by atoms with Gasteiger partial charge in [0.05, 0.1) is 0 Å². The van der Waals surface area contributed by atoms with E-state index in [4.69, 9.17) is 0 Å². The van der Waals surface area contributed by atoms with Crippen LogP contribution in [0.2, 0.25) is 0 Å². The number of hydrogen-bond donors (Lipinski definition) is 0. The molecule has 0 bridgehead atoms.